The van der Waals surface area contributed by atoms with Gasteiger partial charge in [-0.3, -0.25) is 9.89 Å². The average molecular weight is 478 g/mol. The van der Waals surface area contributed by atoms with E-state index in [9.17, 15) is 13.2 Å². The number of nitrogens with zero attached hydrogens (tertiary/aromatic N) is 2. The van der Waals surface area contributed by atoms with Crippen molar-refractivity contribution in [2.24, 2.45) is 4.99 Å². The summed E-state index contributed by atoms with van der Waals surface area (Å²) in [6.07, 6.45) is -2.49. The van der Waals surface area contributed by atoms with E-state index in [2.05, 4.69) is 34.7 Å². The number of nitrogens with one attached hydrogen (secondary N) is 2. The second-order valence-electron chi connectivity index (χ2n) is 5.28. The second-order valence-corrected chi connectivity index (χ2v) is 6.53. The van der Waals surface area contributed by atoms with Gasteiger partial charge in [-0.15, -0.1) is 35.3 Å². The second kappa shape index (κ2) is 11.9. The van der Waals surface area contributed by atoms with Crippen molar-refractivity contribution in [2.45, 2.75) is 32.5 Å². The number of aryl methyl sites for hydroxylation is 1. The van der Waals surface area contributed by atoms with Crippen molar-refractivity contribution >= 4 is 41.3 Å². The summed E-state index contributed by atoms with van der Waals surface area (Å²) < 4.78 is 36.6. The largest absolute Gasteiger partial charge is 0.401 e. The van der Waals surface area contributed by atoms with E-state index in [1.807, 2.05) is 0 Å². The summed E-state index contributed by atoms with van der Waals surface area (Å²) in [5, 5.41) is 6.32. The van der Waals surface area contributed by atoms with Gasteiger partial charge in [0, 0.05) is 23.3 Å². The standard InChI is InChI=1S/C15H25F3N4S.HI/c1-4-12-6-7-13(23-12)10-21-14(19-2)20-8-5-9-22(3)11-15(16,17)18;/h6-7H,4-5,8-11H2,1-3H3,(H2,19,20,21);1H. The number of hydrogen-bond acceptors (Lipinski definition) is 3. The lowest BCUT2D eigenvalue weighted by Crippen LogP contribution is -2.38. The van der Waals surface area contributed by atoms with Gasteiger partial charge in [-0.2, -0.15) is 13.2 Å². The Balaban J connectivity index is 0.00000529. The third kappa shape index (κ3) is 10.3. The fourth-order valence-corrected chi connectivity index (χ4v) is 2.94. The van der Waals surface area contributed by atoms with Gasteiger partial charge in [0.2, 0.25) is 0 Å². The predicted octanol–water partition coefficient (Wildman–Crippen LogP) is 3.48. The molecule has 0 spiro atoms. The van der Waals surface area contributed by atoms with Crippen LogP contribution in [0.25, 0.3) is 0 Å². The van der Waals surface area contributed by atoms with Gasteiger partial charge in [0.15, 0.2) is 5.96 Å². The summed E-state index contributed by atoms with van der Waals surface area (Å²) in [5.41, 5.74) is 0. The Kier molecular flexibility index (Phi) is 11.6. The van der Waals surface area contributed by atoms with Crippen LogP contribution in [0.2, 0.25) is 0 Å². The smallest absolute Gasteiger partial charge is 0.356 e. The molecular formula is C15H26F3IN4S. The van der Waals surface area contributed by atoms with Crippen LogP contribution in [0, 0.1) is 0 Å². The van der Waals surface area contributed by atoms with Crippen LogP contribution in [0.4, 0.5) is 13.2 Å². The molecule has 140 valence electrons. The molecule has 0 amide bonds. The molecule has 24 heavy (non-hydrogen) atoms. The molecule has 0 aromatic carbocycles. The molecule has 0 bridgehead atoms. The molecule has 0 fully saturated rings. The molecule has 1 heterocycles. The summed E-state index contributed by atoms with van der Waals surface area (Å²) in [7, 11) is 3.15. The molecule has 0 saturated carbocycles. The average Bonchev–Trinajstić information content (AvgIpc) is 2.92. The van der Waals surface area contributed by atoms with E-state index in [0.717, 1.165) is 6.42 Å². The van der Waals surface area contributed by atoms with E-state index in [-0.39, 0.29) is 24.0 Å². The molecule has 4 nitrogen and oxygen atoms in total. The van der Waals surface area contributed by atoms with Gasteiger partial charge in [0.05, 0.1) is 13.1 Å². The van der Waals surface area contributed by atoms with Gasteiger partial charge < -0.3 is 10.6 Å². The van der Waals surface area contributed by atoms with E-state index >= 15 is 0 Å². The lowest BCUT2D eigenvalue weighted by molar-refractivity contribution is -0.143. The molecule has 1 rings (SSSR count). The minimum absolute atomic E-state index is 0. The van der Waals surface area contributed by atoms with Gasteiger partial charge in [-0.1, -0.05) is 6.92 Å². The van der Waals surface area contributed by atoms with Gasteiger partial charge in [-0.25, -0.2) is 0 Å². The molecule has 0 unspecified atom stereocenters. The zero-order valence-electron chi connectivity index (χ0n) is 14.2. The van der Waals surface area contributed by atoms with E-state index in [1.165, 1.54) is 21.7 Å². The molecule has 9 heteroatoms. The Morgan fingerprint density at radius 1 is 1.25 bits per heavy atom. The normalized spacial score (nSPS) is 12.2. The number of aliphatic imine (C=N–C) groups is 1. The van der Waals surface area contributed by atoms with Gasteiger partial charge in [0.25, 0.3) is 0 Å². The SMILES string of the molecule is CCc1ccc(CNC(=NC)NCCCN(C)CC(F)(F)F)s1.I. The quantitative estimate of drug-likeness (QED) is 0.260. The maximum atomic E-state index is 12.2. The van der Waals surface area contributed by atoms with Crippen molar-refractivity contribution in [1.29, 1.82) is 0 Å². The predicted molar refractivity (Wildman–Crippen MR) is 105 cm³/mol. The minimum Gasteiger partial charge on any atom is -0.356 e. The molecule has 0 aliphatic carbocycles. The van der Waals surface area contributed by atoms with E-state index < -0.39 is 12.7 Å². The Morgan fingerprint density at radius 2 is 1.92 bits per heavy atom. The Morgan fingerprint density at radius 3 is 2.46 bits per heavy atom. The third-order valence-electron chi connectivity index (χ3n) is 3.18. The zero-order chi connectivity index (χ0) is 17.3. The van der Waals surface area contributed by atoms with Gasteiger partial charge >= 0.3 is 6.18 Å². The topological polar surface area (TPSA) is 39.7 Å². The van der Waals surface area contributed by atoms with E-state index in [0.29, 0.717) is 32.0 Å². The van der Waals surface area contributed by atoms with Crippen LogP contribution in [0.3, 0.4) is 0 Å². The lowest BCUT2D eigenvalue weighted by atomic mass is 10.3. The van der Waals surface area contributed by atoms with Crippen molar-refractivity contribution in [1.82, 2.24) is 15.5 Å². The summed E-state index contributed by atoms with van der Waals surface area (Å²) in [6.45, 7) is 2.90. The highest BCUT2D eigenvalue weighted by atomic mass is 127. The molecule has 0 atom stereocenters. The maximum Gasteiger partial charge on any atom is 0.401 e. The first kappa shape index (κ1) is 23.4. The van der Waals surface area contributed by atoms with Crippen LogP contribution in [-0.2, 0) is 13.0 Å². The summed E-state index contributed by atoms with van der Waals surface area (Å²) in [4.78, 5) is 7.96. The van der Waals surface area contributed by atoms with Crippen molar-refractivity contribution in [3.63, 3.8) is 0 Å². The Labute approximate surface area is 162 Å². The number of thiophene rings is 1. The molecule has 2 N–H and O–H groups in total. The van der Waals surface area contributed by atoms with Crippen LogP contribution in [0.15, 0.2) is 17.1 Å². The molecule has 1 aromatic rings. The van der Waals surface area contributed by atoms with Crippen molar-refractivity contribution in [3.8, 4) is 0 Å². The first-order valence-electron chi connectivity index (χ1n) is 7.61. The Hall–Kier alpha value is -0.550. The van der Waals surface area contributed by atoms with Crippen molar-refractivity contribution < 1.29 is 13.2 Å². The molecule has 0 saturated heterocycles. The number of rotatable bonds is 8. The Bertz CT molecular complexity index is 491. The van der Waals surface area contributed by atoms with Crippen molar-refractivity contribution in [3.05, 3.63) is 21.9 Å². The van der Waals surface area contributed by atoms with E-state index in [1.54, 1.807) is 18.4 Å². The summed E-state index contributed by atoms with van der Waals surface area (Å²) >= 11 is 1.76. The molecule has 0 radical (unpaired) electrons. The summed E-state index contributed by atoms with van der Waals surface area (Å²) in [6, 6.07) is 4.21. The minimum atomic E-state index is -4.14. The number of halogens is 4. The first-order chi connectivity index (χ1) is 10.8. The molecular weight excluding hydrogens is 452 g/mol. The fraction of sp³-hybridized carbons (Fsp3) is 0.667. The van der Waals surface area contributed by atoms with Crippen LogP contribution in [-0.4, -0.2) is 50.8 Å². The number of guanidine groups is 1. The maximum absolute atomic E-state index is 12.2. The van der Waals surface area contributed by atoms with Crippen LogP contribution < -0.4 is 10.6 Å². The summed E-state index contributed by atoms with van der Waals surface area (Å²) in [5.74, 6) is 0.662. The monoisotopic (exact) mass is 478 g/mol. The highest BCUT2D eigenvalue weighted by molar-refractivity contribution is 14.0. The molecule has 0 aliphatic rings. The van der Waals surface area contributed by atoms with Crippen LogP contribution in [0.1, 0.15) is 23.1 Å². The van der Waals surface area contributed by atoms with Crippen LogP contribution in [0.5, 0.6) is 0 Å². The first-order valence-corrected chi connectivity index (χ1v) is 8.43. The van der Waals surface area contributed by atoms with Crippen molar-refractivity contribution in [2.75, 3.05) is 33.7 Å². The van der Waals surface area contributed by atoms with Crippen LogP contribution >= 0.6 is 35.3 Å². The highest BCUT2D eigenvalue weighted by Crippen LogP contribution is 2.16. The van der Waals surface area contributed by atoms with Gasteiger partial charge in [-0.05, 0) is 38.6 Å². The van der Waals surface area contributed by atoms with Gasteiger partial charge in [0.1, 0.15) is 0 Å². The third-order valence-corrected chi connectivity index (χ3v) is 4.41. The number of hydrogen-bond donors (Lipinski definition) is 2. The fourth-order valence-electron chi connectivity index (χ4n) is 2.04. The molecule has 1 aromatic heterocycles. The highest BCUT2D eigenvalue weighted by Gasteiger charge is 2.28. The molecule has 0 aliphatic heterocycles. The number of alkyl halides is 3. The lowest BCUT2D eigenvalue weighted by Gasteiger charge is -2.18. The zero-order valence-corrected chi connectivity index (χ0v) is 17.4. The van der Waals surface area contributed by atoms with E-state index in [4.69, 9.17) is 0 Å².